The Balaban J connectivity index is -0.000000385. The maximum Gasteiger partial charge on any atom is 0.305 e. The van der Waals surface area contributed by atoms with Crippen LogP contribution in [0.5, 0.6) is 0 Å². The van der Waals surface area contributed by atoms with Crippen LogP contribution < -0.4 is 0 Å². The number of hydrogen-bond donors (Lipinski definition) is 4. The van der Waals surface area contributed by atoms with E-state index >= 15 is 0 Å². The zero-order chi connectivity index (χ0) is 75.9. The van der Waals surface area contributed by atoms with E-state index in [9.17, 15) is 24.0 Å². The van der Waals surface area contributed by atoms with Crippen molar-refractivity contribution in [1.29, 1.82) is 0 Å². The number of aliphatic hydroxyl groups is 4. The second kappa shape index (κ2) is 105. The van der Waals surface area contributed by atoms with Crippen molar-refractivity contribution in [1.82, 2.24) is 0 Å². The highest BCUT2D eigenvalue weighted by molar-refractivity contribution is 5.70. The van der Waals surface area contributed by atoms with Crippen LogP contribution in [0.25, 0.3) is 0 Å². The van der Waals surface area contributed by atoms with Crippen LogP contribution in [0.4, 0.5) is 0 Å². The predicted octanol–water partition coefficient (Wildman–Crippen LogP) is 24.1. The average molecular weight is 1460 g/mol. The molecule has 0 saturated carbocycles. The number of carbonyl (C=O) groups is 5. The molecule has 0 atom stereocenters. The largest absolute Gasteiger partial charge is 0.463 e. The summed E-state index contributed by atoms with van der Waals surface area (Å²) in [6.07, 6.45) is 82.1. The molecule has 0 aromatic carbocycles. The van der Waals surface area contributed by atoms with Gasteiger partial charge in [0.1, 0.15) is 33.0 Å². The summed E-state index contributed by atoms with van der Waals surface area (Å²) < 4.78 is 29.1. The lowest BCUT2D eigenvalue weighted by Gasteiger charge is -2.04. The van der Waals surface area contributed by atoms with E-state index < -0.39 is 0 Å². The van der Waals surface area contributed by atoms with Crippen molar-refractivity contribution < 1.29 is 72.8 Å². The number of aliphatic hydroxyl groups excluding tert-OH is 4. The van der Waals surface area contributed by atoms with Crippen LogP contribution in [0, 0.1) is 0 Å². The first-order chi connectivity index (χ1) is 50.0. The van der Waals surface area contributed by atoms with Crippen molar-refractivity contribution in [3.8, 4) is 0 Å². The second-order valence-corrected chi connectivity index (χ2v) is 28.5. The van der Waals surface area contributed by atoms with E-state index in [0.717, 1.165) is 64.2 Å². The molecule has 0 spiro atoms. The van der Waals surface area contributed by atoms with E-state index in [1.165, 1.54) is 327 Å². The van der Waals surface area contributed by atoms with Gasteiger partial charge in [0.25, 0.3) is 0 Å². The van der Waals surface area contributed by atoms with Gasteiger partial charge in [0.05, 0.1) is 33.0 Å². The SMILES string of the molecule is CCCCCCCCCCCCCC(=O)OCCO.CCCCCCCCCCCCCC(=O)OCCOC.CCCCCCCCCCCCCCC(=O)OCCO.CCCCCCCCCCCCCCCC(=O)OCCO.CCCCCCCCCCCCCCCCC(=O)OCCO. The molecule has 102 heavy (non-hydrogen) atoms. The predicted molar refractivity (Wildman–Crippen MR) is 428 cm³/mol. The summed E-state index contributed by atoms with van der Waals surface area (Å²) in [5.74, 6) is -0.783. The van der Waals surface area contributed by atoms with Gasteiger partial charge < -0.3 is 48.8 Å². The fourth-order valence-electron chi connectivity index (χ4n) is 12.0. The maximum atomic E-state index is 11.3. The molecule has 0 bridgehead atoms. The minimum absolute atomic E-state index is 0.0789. The van der Waals surface area contributed by atoms with Crippen molar-refractivity contribution in [2.45, 2.75) is 458 Å². The summed E-state index contributed by atoms with van der Waals surface area (Å²) in [7, 11) is 1.61. The smallest absolute Gasteiger partial charge is 0.305 e. The first kappa shape index (κ1) is 108. The molecule has 0 rings (SSSR count). The van der Waals surface area contributed by atoms with Gasteiger partial charge in [-0.3, -0.25) is 24.0 Å². The molecule has 15 nitrogen and oxygen atoms in total. The third kappa shape index (κ3) is 113. The van der Waals surface area contributed by atoms with Gasteiger partial charge >= 0.3 is 29.8 Å². The quantitative estimate of drug-likeness (QED) is 0.0253. The molecule has 0 aliphatic rings. The number of methoxy groups -OCH3 is 1. The minimum atomic E-state index is -0.176. The Hall–Kier alpha value is -2.85. The molecule has 0 aliphatic heterocycles. The molecule has 0 aliphatic carbocycles. The maximum absolute atomic E-state index is 11.3. The number of hydrogen-bond acceptors (Lipinski definition) is 15. The van der Waals surface area contributed by atoms with Crippen LogP contribution in [0.1, 0.15) is 458 Å². The van der Waals surface area contributed by atoms with Crippen LogP contribution in [-0.4, -0.2) is 123 Å². The molecule has 0 amide bonds. The van der Waals surface area contributed by atoms with Gasteiger partial charge in [-0.05, 0) is 32.1 Å². The van der Waals surface area contributed by atoms with Crippen molar-refractivity contribution in [2.75, 3.05) is 73.2 Å². The molecule has 0 saturated heterocycles. The summed E-state index contributed by atoms with van der Waals surface area (Å²) in [5.41, 5.74) is 0. The molecular formula is C87H174O15. The van der Waals surface area contributed by atoms with E-state index in [4.69, 9.17) is 48.8 Å². The molecular weight excluding hydrogens is 1280 g/mol. The Bertz CT molecular complexity index is 1570. The number of rotatable bonds is 77. The van der Waals surface area contributed by atoms with E-state index in [-0.39, 0.29) is 82.7 Å². The normalized spacial score (nSPS) is 10.7. The van der Waals surface area contributed by atoms with Crippen LogP contribution in [0.2, 0.25) is 0 Å². The Kier molecular flexibility index (Phi) is 110. The van der Waals surface area contributed by atoms with Crippen molar-refractivity contribution in [3.05, 3.63) is 0 Å². The Morgan fingerprint density at radius 3 is 0.412 bits per heavy atom. The molecule has 15 heteroatoms. The highest BCUT2D eigenvalue weighted by atomic mass is 16.6. The summed E-state index contributed by atoms with van der Waals surface area (Å²) in [6, 6.07) is 0. The Morgan fingerprint density at radius 1 is 0.176 bits per heavy atom. The van der Waals surface area contributed by atoms with Gasteiger partial charge in [-0.25, -0.2) is 0 Å². The van der Waals surface area contributed by atoms with E-state index in [1.807, 2.05) is 0 Å². The van der Waals surface area contributed by atoms with Crippen LogP contribution in [-0.2, 0) is 52.4 Å². The summed E-state index contributed by atoms with van der Waals surface area (Å²) in [5, 5.41) is 34.1. The van der Waals surface area contributed by atoms with Gasteiger partial charge in [0, 0.05) is 39.2 Å². The molecule has 4 N–H and O–H groups in total. The average Bonchev–Trinajstić information content (AvgIpc) is 3.72. The highest BCUT2D eigenvalue weighted by Gasteiger charge is 2.07. The van der Waals surface area contributed by atoms with Gasteiger partial charge in [0.15, 0.2) is 0 Å². The van der Waals surface area contributed by atoms with Gasteiger partial charge in [0.2, 0.25) is 0 Å². The number of esters is 5. The van der Waals surface area contributed by atoms with Crippen LogP contribution in [0.3, 0.4) is 0 Å². The van der Waals surface area contributed by atoms with Gasteiger partial charge in [-0.1, -0.05) is 394 Å². The molecule has 0 unspecified atom stereocenters. The van der Waals surface area contributed by atoms with Gasteiger partial charge in [-0.15, -0.1) is 0 Å². The monoisotopic (exact) mass is 1460 g/mol. The summed E-state index contributed by atoms with van der Waals surface area (Å²) in [6.45, 7) is 12.4. The first-order valence-electron chi connectivity index (χ1n) is 43.7. The number of carbonyl (C=O) groups excluding carboxylic acids is 5. The minimum Gasteiger partial charge on any atom is -0.463 e. The lowest BCUT2D eigenvalue weighted by molar-refractivity contribution is -0.145. The van der Waals surface area contributed by atoms with Crippen molar-refractivity contribution in [3.63, 3.8) is 0 Å². The lowest BCUT2D eigenvalue weighted by atomic mass is 10.0. The molecule has 0 aromatic rings. The highest BCUT2D eigenvalue weighted by Crippen LogP contribution is 2.18. The first-order valence-corrected chi connectivity index (χ1v) is 43.7. The molecule has 612 valence electrons. The third-order valence-corrected chi connectivity index (χ3v) is 18.4. The molecule has 0 aromatic heterocycles. The molecule has 0 radical (unpaired) electrons. The summed E-state index contributed by atoms with van der Waals surface area (Å²) in [4.78, 5) is 55.9. The fourth-order valence-corrected chi connectivity index (χ4v) is 12.0. The van der Waals surface area contributed by atoms with E-state index in [2.05, 4.69) is 34.6 Å². The Morgan fingerprint density at radius 2 is 0.294 bits per heavy atom. The third-order valence-electron chi connectivity index (χ3n) is 18.4. The molecule has 0 heterocycles. The Labute approximate surface area is 631 Å². The van der Waals surface area contributed by atoms with Crippen molar-refractivity contribution >= 4 is 29.8 Å². The fraction of sp³-hybridized carbons (Fsp3) is 0.943. The van der Waals surface area contributed by atoms with E-state index in [1.54, 1.807) is 7.11 Å². The number of unbranched alkanes of at least 4 members (excludes halogenated alkanes) is 56. The lowest BCUT2D eigenvalue weighted by Crippen LogP contribution is -2.09. The van der Waals surface area contributed by atoms with Crippen molar-refractivity contribution in [2.24, 2.45) is 0 Å². The molecule has 0 fully saturated rings. The van der Waals surface area contributed by atoms with Crippen LogP contribution in [0.15, 0.2) is 0 Å². The van der Waals surface area contributed by atoms with E-state index in [0.29, 0.717) is 45.3 Å². The van der Waals surface area contributed by atoms with Crippen LogP contribution >= 0.6 is 0 Å². The topological polar surface area (TPSA) is 222 Å². The zero-order valence-corrected chi connectivity index (χ0v) is 68.5. The second-order valence-electron chi connectivity index (χ2n) is 28.5. The van der Waals surface area contributed by atoms with Gasteiger partial charge in [-0.2, -0.15) is 0 Å². The standard InChI is InChI=1S/C19H38O3.C18H36O3.2C17H34O3.C16H32O3/c1-2-3-4-5-6-7-8-9-10-11-12-13-14-15-16-19(21)22-18-17-20;1-2-3-4-5-6-7-8-9-10-11-12-13-14-15-18(20)21-17-16-19;1-3-4-5-6-7-8-9-10-11-12-13-14-17(18)20-16-15-19-2;1-2-3-4-5-6-7-8-9-10-11-12-13-14-17(19)20-16-15-18;1-2-3-4-5-6-7-8-9-10-11-12-13-16(18)19-15-14-17/h20H,2-18H2,1H3;19H,2-17H2,1H3;3-16H2,1-2H3;18H,2-16H2,1H3;17H,2-15H2,1H3. The zero-order valence-electron chi connectivity index (χ0n) is 68.5. The summed E-state index contributed by atoms with van der Waals surface area (Å²) >= 11 is 0. The number of ether oxygens (including phenoxy) is 6.